The summed E-state index contributed by atoms with van der Waals surface area (Å²) >= 11 is 0. The monoisotopic (exact) mass is 341 g/mol. The van der Waals surface area contributed by atoms with Crippen LogP contribution in [0.5, 0.6) is 5.75 Å². The molecule has 1 aliphatic heterocycles. The molecule has 1 unspecified atom stereocenters. The lowest BCUT2D eigenvalue weighted by molar-refractivity contribution is -0.435. The number of halogens is 3. The first-order valence-electron chi connectivity index (χ1n) is 6.38. The highest BCUT2D eigenvalue weighted by Crippen LogP contribution is 2.35. The van der Waals surface area contributed by atoms with Crippen molar-refractivity contribution in [1.82, 2.24) is 5.32 Å². The van der Waals surface area contributed by atoms with E-state index in [0.717, 1.165) is 30.3 Å². The first kappa shape index (κ1) is 17.1. The summed E-state index contributed by atoms with van der Waals surface area (Å²) in [5.74, 6) is -0.415. The first-order chi connectivity index (χ1) is 11.2. The largest absolute Gasteiger partial charge is 0.573 e. The summed E-state index contributed by atoms with van der Waals surface area (Å²) in [6.07, 6.45) is -2.50. The lowest BCUT2D eigenvalue weighted by Gasteiger charge is -2.29. The molecule has 2 rings (SSSR count). The number of methoxy groups -OCH3 is 1. The van der Waals surface area contributed by atoms with Crippen LogP contribution in [0.15, 0.2) is 48.0 Å². The summed E-state index contributed by atoms with van der Waals surface area (Å²) in [5.41, 5.74) is -2.35. The van der Waals surface area contributed by atoms with Crippen molar-refractivity contribution in [3.05, 3.63) is 63.7 Å². The second-order valence-corrected chi connectivity index (χ2v) is 4.60. The molecule has 0 amide bonds. The number of allylic oxidation sites excluding steroid dienone is 2. The van der Waals surface area contributed by atoms with Gasteiger partial charge < -0.3 is 14.8 Å². The third-order valence-electron chi connectivity index (χ3n) is 3.19. The second-order valence-electron chi connectivity index (χ2n) is 4.60. The molecule has 1 aliphatic rings. The number of nitrogens with zero attached hydrogens (tertiary/aromatic N) is 2. The molecule has 0 bridgehead atoms. The maximum absolute atomic E-state index is 12.2. The quantitative estimate of drug-likeness (QED) is 0.668. The van der Waals surface area contributed by atoms with E-state index in [1.54, 1.807) is 6.07 Å². The number of nitrogens with one attached hydrogen (secondary N) is 1. The summed E-state index contributed by atoms with van der Waals surface area (Å²) < 4.78 is 45.3. The average molecular weight is 341 g/mol. The minimum atomic E-state index is -4.87. The van der Waals surface area contributed by atoms with E-state index >= 15 is 0 Å². The van der Waals surface area contributed by atoms with Crippen LogP contribution in [0.3, 0.4) is 0 Å². The predicted molar refractivity (Wildman–Crippen MR) is 73.7 cm³/mol. The van der Waals surface area contributed by atoms with Crippen LogP contribution in [0.2, 0.25) is 0 Å². The Hall–Kier alpha value is -3.22. The van der Waals surface area contributed by atoms with E-state index in [4.69, 9.17) is 4.74 Å². The highest BCUT2D eigenvalue weighted by atomic mass is 19.4. The van der Waals surface area contributed by atoms with E-state index in [0.29, 0.717) is 0 Å². The molecule has 10 heteroatoms. The summed E-state index contributed by atoms with van der Waals surface area (Å²) in [6, 6.07) is 5.99. The summed E-state index contributed by atoms with van der Waals surface area (Å²) in [5, 5.41) is 23.4. The lowest BCUT2D eigenvalue weighted by Crippen LogP contribution is -2.46. The van der Waals surface area contributed by atoms with Crippen LogP contribution in [0.25, 0.3) is 0 Å². The minimum absolute atomic E-state index is 0.0603. The third kappa shape index (κ3) is 3.24. The van der Waals surface area contributed by atoms with Gasteiger partial charge in [-0.15, -0.1) is 13.2 Å². The van der Waals surface area contributed by atoms with Gasteiger partial charge in [0.2, 0.25) is 5.54 Å². The van der Waals surface area contributed by atoms with Crippen LogP contribution in [-0.4, -0.2) is 18.4 Å². The van der Waals surface area contributed by atoms with Crippen molar-refractivity contribution in [1.29, 1.82) is 5.26 Å². The second kappa shape index (κ2) is 6.11. The molecule has 0 saturated carbocycles. The molecule has 1 aromatic rings. The van der Waals surface area contributed by atoms with E-state index in [2.05, 4.69) is 10.1 Å². The van der Waals surface area contributed by atoms with Crippen molar-refractivity contribution in [2.24, 2.45) is 0 Å². The zero-order valence-corrected chi connectivity index (χ0v) is 12.1. The minimum Gasteiger partial charge on any atom is -0.482 e. The van der Waals surface area contributed by atoms with E-state index in [1.807, 2.05) is 0 Å². The smallest absolute Gasteiger partial charge is 0.482 e. The molecule has 0 aliphatic carbocycles. The fraction of sp³-hybridized carbons (Fsp3) is 0.214. The molecular weight excluding hydrogens is 331 g/mol. The van der Waals surface area contributed by atoms with E-state index in [1.165, 1.54) is 13.2 Å². The number of hydrogen-bond donors (Lipinski definition) is 1. The fourth-order valence-corrected chi connectivity index (χ4v) is 2.16. The van der Waals surface area contributed by atoms with E-state index < -0.39 is 28.3 Å². The molecule has 0 saturated heterocycles. The Morgan fingerprint density at radius 3 is 2.38 bits per heavy atom. The Labute approximate surface area is 133 Å². The van der Waals surface area contributed by atoms with Crippen LogP contribution in [-0.2, 0) is 10.3 Å². The molecular formula is C14H10F3N3O4. The van der Waals surface area contributed by atoms with Crippen LogP contribution < -0.4 is 10.1 Å². The number of ether oxygens (including phenoxy) is 2. The Morgan fingerprint density at radius 1 is 1.29 bits per heavy atom. The van der Waals surface area contributed by atoms with Crippen molar-refractivity contribution in [2.75, 3.05) is 7.11 Å². The van der Waals surface area contributed by atoms with Gasteiger partial charge in [0.1, 0.15) is 11.8 Å². The Balaban J connectivity index is 2.46. The Bertz CT molecular complexity index is 750. The highest BCUT2D eigenvalue weighted by molar-refractivity contribution is 5.46. The number of dihydropyridines is 1. The van der Waals surface area contributed by atoms with Crippen LogP contribution in [0.1, 0.15) is 5.56 Å². The predicted octanol–water partition coefficient (Wildman–Crippen LogP) is 2.56. The SMILES string of the molecule is COC1=CC=C([N+](=O)[O-])C(C#N)(c2ccc(OC(F)(F)F)cc2)N1. The van der Waals surface area contributed by atoms with Gasteiger partial charge in [-0.05, 0) is 12.1 Å². The van der Waals surface area contributed by atoms with Crippen molar-refractivity contribution < 1.29 is 27.6 Å². The number of rotatable bonds is 4. The highest BCUT2D eigenvalue weighted by Gasteiger charge is 2.47. The Morgan fingerprint density at radius 2 is 1.92 bits per heavy atom. The van der Waals surface area contributed by atoms with Gasteiger partial charge in [0, 0.05) is 17.7 Å². The fourth-order valence-electron chi connectivity index (χ4n) is 2.16. The zero-order chi connectivity index (χ0) is 18.0. The molecule has 1 aromatic carbocycles. The molecule has 1 atom stereocenters. The third-order valence-corrected chi connectivity index (χ3v) is 3.19. The van der Waals surface area contributed by atoms with Gasteiger partial charge in [0.25, 0.3) is 5.70 Å². The maximum atomic E-state index is 12.2. The molecule has 126 valence electrons. The van der Waals surface area contributed by atoms with Crippen molar-refractivity contribution in [2.45, 2.75) is 11.9 Å². The molecule has 24 heavy (non-hydrogen) atoms. The Kier molecular flexibility index (Phi) is 4.37. The maximum Gasteiger partial charge on any atom is 0.573 e. The van der Waals surface area contributed by atoms with Crippen molar-refractivity contribution in [3.8, 4) is 11.8 Å². The van der Waals surface area contributed by atoms with Crippen LogP contribution in [0.4, 0.5) is 13.2 Å². The van der Waals surface area contributed by atoms with Gasteiger partial charge in [-0.25, -0.2) is 0 Å². The zero-order valence-electron chi connectivity index (χ0n) is 12.1. The van der Waals surface area contributed by atoms with Crippen molar-refractivity contribution >= 4 is 0 Å². The summed E-state index contributed by atoms with van der Waals surface area (Å²) in [7, 11) is 1.30. The van der Waals surface area contributed by atoms with E-state index in [-0.39, 0.29) is 11.4 Å². The van der Waals surface area contributed by atoms with Gasteiger partial charge in [-0.3, -0.25) is 10.1 Å². The first-order valence-corrected chi connectivity index (χ1v) is 6.38. The molecule has 1 heterocycles. The van der Waals surface area contributed by atoms with Gasteiger partial charge in [-0.2, -0.15) is 5.26 Å². The van der Waals surface area contributed by atoms with Gasteiger partial charge in [0.15, 0.2) is 5.88 Å². The molecule has 0 aromatic heterocycles. The topological polar surface area (TPSA) is 97.4 Å². The average Bonchev–Trinajstić information content (AvgIpc) is 2.53. The van der Waals surface area contributed by atoms with Gasteiger partial charge >= 0.3 is 6.36 Å². The van der Waals surface area contributed by atoms with Crippen LogP contribution >= 0.6 is 0 Å². The molecule has 0 fully saturated rings. The van der Waals surface area contributed by atoms with E-state index in [9.17, 15) is 28.5 Å². The lowest BCUT2D eigenvalue weighted by atomic mass is 9.86. The van der Waals surface area contributed by atoms with Gasteiger partial charge in [0.05, 0.1) is 12.0 Å². The summed E-state index contributed by atoms with van der Waals surface area (Å²) in [6.45, 7) is 0. The summed E-state index contributed by atoms with van der Waals surface area (Å²) in [4.78, 5) is 10.5. The normalized spacial score (nSPS) is 20.1. The number of alkyl halides is 3. The number of nitriles is 1. The number of hydrogen-bond acceptors (Lipinski definition) is 6. The molecule has 1 N–H and O–H groups in total. The molecule has 0 radical (unpaired) electrons. The number of benzene rings is 1. The molecule has 0 spiro atoms. The molecule has 7 nitrogen and oxygen atoms in total. The van der Waals surface area contributed by atoms with Crippen LogP contribution in [0, 0.1) is 21.4 Å². The van der Waals surface area contributed by atoms with Crippen molar-refractivity contribution in [3.63, 3.8) is 0 Å². The number of nitro groups is 1. The standard InChI is InChI=1S/C14H10F3N3O4/c1-23-12-7-6-11(20(21)22)13(8-18,19-12)9-2-4-10(5-3-9)24-14(15,16)17/h2-7,19H,1H3. The van der Waals surface area contributed by atoms with Gasteiger partial charge in [-0.1, -0.05) is 12.1 Å².